The second-order valence-corrected chi connectivity index (χ2v) is 4.70. The Morgan fingerprint density at radius 1 is 1.39 bits per heavy atom. The molecule has 1 aliphatic rings. The van der Waals surface area contributed by atoms with Gasteiger partial charge in [-0.25, -0.2) is 0 Å². The van der Waals surface area contributed by atoms with Gasteiger partial charge in [-0.3, -0.25) is 4.79 Å². The highest BCUT2D eigenvalue weighted by Gasteiger charge is 2.22. The molecule has 0 spiro atoms. The number of amides is 1. The molecule has 1 aromatic carbocycles. The minimum Gasteiger partial charge on any atom is -0.332 e. The fourth-order valence-corrected chi connectivity index (χ4v) is 2.37. The molecule has 94 valence electrons. The van der Waals surface area contributed by atoms with E-state index in [4.69, 9.17) is 5.26 Å². The molecule has 0 saturated carbocycles. The molecule has 0 atom stereocenters. The summed E-state index contributed by atoms with van der Waals surface area (Å²) in [6, 6.07) is 9.98. The number of carbonyl (C=O) groups excluding carboxylic acids is 1. The van der Waals surface area contributed by atoms with Crippen molar-refractivity contribution in [3.8, 4) is 6.07 Å². The van der Waals surface area contributed by atoms with E-state index in [-0.39, 0.29) is 5.91 Å². The van der Waals surface area contributed by atoms with Gasteiger partial charge in [-0.05, 0) is 6.07 Å². The molecule has 1 N–H and O–H groups in total. The Morgan fingerprint density at radius 2 is 2.06 bits per heavy atom. The number of quaternary nitrogens is 1. The predicted octanol–water partition coefficient (Wildman–Crippen LogP) is -0.195. The summed E-state index contributed by atoms with van der Waals surface area (Å²) in [5.74, 6) is 0.159. The van der Waals surface area contributed by atoms with Crippen LogP contribution in [0.25, 0.3) is 0 Å². The molecule has 2 rings (SSSR count). The van der Waals surface area contributed by atoms with Gasteiger partial charge in [0.1, 0.15) is 6.54 Å². The van der Waals surface area contributed by atoms with Crippen molar-refractivity contribution < 1.29 is 9.69 Å². The molecule has 0 aromatic heterocycles. The normalized spacial score (nSPS) is 16.3. The van der Waals surface area contributed by atoms with Crippen molar-refractivity contribution >= 4 is 5.91 Å². The second kappa shape index (κ2) is 5.65. The minimum atomic E-state index is 0.159. The Labute approximate surface area is 107 Å². The highest BCUT2D eigenvalue weighted by molar-refractivity contribution is 5.73. The van der Waals surface area contributed by atoms with Gasteiger partial charge in [0.25, 0.3) is 0 Å². The van der Waals surface area contributed by atoms with Crippen molar-refractivity contribution in [3.05, 3.63) is 35.4 Å². The zero-order valence-electron chi connectivity index (χ0n) is 10.6. The molecule has 18 heavy (non-hydrogen) atoms. The number of rotatable bonds is 2. The van der Waals surface area contributed by atoms with Crippen LogP contribution in [-0.2, 0) is 11.3 Å². The van der Waals surface area contributed by atoms with E-state index in [1.54, 1.807) is 6.92 Å². The highest BCUT2D eigenvalue weighted by Crippen LogP contribution is 2.05. The first kappa shape index (κ1) is 12.6. The molecule has 1 saturated heterocycles. The van der Waals surface area contributed by atoms with E-state index in [0.717, 1.165) is 43.9 Å². The van der Waals surface area contributed by atoms with Crippen molar-refractivity contribution in [1.82, 2.24) is 4.90 Å². The standard InChI is InChI=1S/C14H17N3O/c1-12(18)17-8-6-16(7-9-17)11-14-5-3-2-4-13(14)10-15/h2-5H,6-9,11H2,1H3/p+1. The van der Waals surface area contributed by atoms with E-state index < -0.39 is 0 Å². The number of hydrogen-bond acceptors (Lipinski definition) is 2. The van der Waals surface area contributed by atoms with E-state index in [2.05, 4.69) is 6.07 Å². The SMILES string of the molecule is CC(=O)N1CC[NH+](Cc2ccccc2C#N)CC1. The van der Waals surface area contributed by atoms with Crippen LogP contribution in [0.1, 0.15) is 18.1 Å². The first-order valence-corrected chi connectivity index (χ1v) is 6.28. The van der Waals surface area contributed by atoms with E-state index >= 15 is 0 Å². The summed E-state index contributed by atoms with van der Waals surface area (Å²) < 4.78 is 0. The van der Waals surface area contributed by atoms with E-state index in [9.17, 15) is 4.79 Å². The number of hydrogen-bond donors (Lipinski definition) is 1. The van der Waals surface area contributed by atoms with Crippen LogP contribution < -0.4 is 4.90 Å². The van der Waals surface area contributed by atoms with E-state index in [0.29, 0.717) is 0 Å². The van der Waals surface area contributed by atoms with Crippen molar-refractivity contribution in [3.63, 3.8) is 0 Å². The third-order valence-electron chi connectivity index (χ3n) is 3.49. The highest BCUT2D eigenvalue weighted by atomic mass is 16.2. The smallest absolute Gasteiger partial charge is 0.219 e. The zero-order chi connectivity index (χ0) is 13.0. The van der Waals surface area contributed by atoms with Crippen LogP contribution in [0.5, 0.6) is 0 Å². The van der Waals surface area contributed by atoms with Crippen molar-refractivity contribution in [1.29, 1.82) is 5.26 Å². The maximum absolute atomic E-state index is 11.2. The number of benzene rings is 1. The molecule has 0 radical (unpaired) electrons. The first-order valence-electron chi connectivity index (χ1n) is 6.28. The summed E-state index contributed by atoms with van der Waals surface area (Å²) in [6.45, 7) is 6.04. The van der Waals surface area contributed by atoms with E-state index in [1.807, 2.05) is 29.2 Å². The lowest BCUT2D eigenvalue weighted by molar-refractivity contribution is -0.917. The lowest BCUT2D eigenvalue weighted by Gasteiger charge is -2.31. The maximum Gasteiger partial charge on any atom is 0.219 e. The Morgan fingerprint density at radius 3 is 2.67 bits per heavy atom. The molecule has 1 fully saturated rings. The lowest BCUT2D eigenvalue weighted by Crippen LogP contribution is -3.13. The quantitative estimate of drug-likeness (QED) is 0.783. The second-order valence-electron chi connectivity index (χ2n) is 4.70. The van der Waals surface area contributed by atoms with Crippen LogP contribution in [0.2, 0.25) is 0 Å². The van der Waals surface area contributed by atoms with Gasteiger partial charge in [-0.1, -0.05) is 18.2 Å². The summed E-state index contributed by atoms with van der Waals surface area (Å²) in [6.07, 6.45) is 0. The number of nitrogens with one attached hydrogen (secondary N) is 1. The third kappa shape index (κ3) is 2.88. The molecule has 0 aliphatic carbocycles. The van der Waals surface area contributed by atoms with Gasteiger partial charge in [0.05, 0.1) is 37.8 Å². The van der Waals surface area contributed by atoms with Gasteiger partial charge in [0.2, 0.25) is 5.91 Å². The maximum atomic E-state index is 11.2. The molecule has 4 nitrogen and oxygen atoms in total. The number of nitrogens with zero attached hydrogens (tertiary/aromatic N) is 2. The van der Waals surface area contributed by atoms with Crippen LogP contribution in [0.4, 0.5) is 0 Å². The molecule has 1 heterocycles. The summed E-state index contributed by atoms with van der Waals surface area (Å²) in [5.41, 5.74) is 1.87. The Hall–Kier alpha value is -1.86. The molecule has 4 heteroatoms. The van der Waals surface area contributed by atoms with Crippen LogP contribution in [0.15, 0.2) is 24.3 Å². The minimum absolute atomic E-state index is 0.159. The fourth-order valence-electron chi connectivity index (χ4n) is 2.37. The molecular weight excluding hydrogens is 226 g/mol. The first-order chi connectivity index (χ1) is 8.70. The van der Waals surface area contributed by atoms with Crippen LogP contribution in [-0.4, -0.2) is 37.0 Å². The predicted molar refractivity (Wildman–Crippen MR) is 67.8 cm³/mol. The topological polar surface area (TPSA) is 48.5 Å². The molecule has 1 aromatic rings. The van der Waals surface area contributed by atoms with Gasteiger partial charge in [0, 0.05) is 12.5 Å². The molecular formula is C14H18N3O+. The van der Waals surface area contributed by atoms with Crippen molar-refractivity contribution in [2.75, 3.05) is 26.2 Å². The van der Waals surface area contributed by atoms with Crippen LogP contribution in [0.3, 0.4) is 0 Å². The Kier molecular flexibility index (Phi) is 3.96. The lowest BCUT2D eigenvalue weighted by atomic mass is 10.1. The summed E-state index contributed by atoms with van der Waals surface area (Å²) in [4.78, 5) is 14.6. The molecule has 0 bridgehead atoms. The molecule has 1 amide bonds. The zero-order valence-corrected chi connectivity index (χ0v) is 10.6. The Balaban J connectivity index is 1.96. The van der Waals surface area contributed by atoms with Gasteiger partial charge >= 0.3 is 0 Å². The summed E-state index contributed by atoms with van der Waals surface area (Å²) >= 11 is 0. The van der Waals surface area contributed by atoms with Gasteiger partial charge in [-0.2, -0.15) is 5.26 Å². The number of carbonyl (C=O) groups is 1. The molecule has 1 aliphatic heterocycles. The Bertz CT molecular complexity index is 470. The summed E-state index contributed by atoms with van der Waals surface area (Å²) in [7, 11) is 0. The van der Waals surface area contributed by atoms with Gasteiger partial charge in [0.15, 0.2) is 0 Å². The fraction of sp³-hybridized carbons (Fsp3) is 0.429. The average Bonchev–Trinajstić information content (AvgIpc) is 2.40. The van der Waals surface area contributed by atoms with Gasteiger partial charge in [-0.15, -0.1) is 0 Å². The monoisotopic (exact) mass is 244 g/mol. The average molecular weight is 244 g/mol. The third-order valence-corrected chi connectivity index (χ3v) is 3.49. The summed E-state index contributed by atoms with van der Waals surface area (Å²) in [5, 5.41) is 9.05. The largest absolute Gasteiger partial charge is 0.332 e. The van der Waals surface area contributed by atoms with E-state index in [1.165, 1.54) is 4.90 Å². The van der Waals surface area contributed by atoms with Gasteiger partial charge < -0.3 is 9.80 Å². The number of piperazine rings is 1. The van der Waals surface area contributed by atoms with Crippen LogP contribution >= 0.6 is 0 Å². The molecule has 0 unspecified atom stereocenters. The van der Waals surface area contributed by atoms with Crippen molar-refractivity contribution in [2.24, 2.45) is 0 Å². The number of nitriles is 1. The van der Waals surface area contributed by atoms with Crippen molar-refractivity contribution in [2.45, 2.75) is 13.5 Å². The van der Waals surface area contributed by atoms with Crippen LogP contribution in [0, 0.1) is 11.3 Å².